The average molecular weight is 418 g/mol. The first-order chi connectivity index (χ1) is 14.0. The van der Waals surface area contributed by atoms with Crippen LogP contribution in [0.15, 0.2) is 24.3 Å². The van der Waals surface area contributed by atoms with Gasteiger partial charge in [0.25, 0.3) is 5.91 Å². The predicted molar refractivity (Wildman–Crippen MR) is 110 cm³/mol. The summed E-state index contributed by atoms with van der Waals surface area (Å²) in [5, 5.41) is 7.59. The molecule has 7 nitrogen and oxygen atoms in total. The number of benzene rings is 1. The number of methoxy groups -OCH3 is 1. The van der Waals surface area contributed by atoms with E-state index in [0.29, 0.717) is 18.7 Å². The van der Waals surface area contributed by atoms with Crippen LogP contribution in [-0.4, -0.2) is 49.3 Å². The number of rotatable bonds is 6. The van der Waals surface area contributed by atoms with Gasteiger partial charge in [-0.15, -0.1) is 0 Å². The number of aromatic nitrogens is 2. The zero-order chi connectivity index (χ0) is 20.4. The van der Waals surface area contributed by atoms with Gasteiger partial charge in [0.15, 0.2) is 15.5 Å². The normalized spacial score (nSPS) is 20.2. The molecule has 0 radical (unpaired) electrons. The van der Waals surface area contributed by atoms with Crippen LogP contribution in [0.4, 0.5) is 0 Å². The molecule has 2 aliphatic rings. The van der Waals surface area contributed by atoms with Gasteiger partial charge in [0.2, 0.25) is 0 Å². The van der Waals surface area contributed by atoms with Crippen LogP contribution in [0.2, 0.25) is 0 Å². The molecule has 1 fully saturated rings. The Balaban J connectivity index is 1.46. The van der Waals surface area contributed by atoms with Gasteiger partial charge in [-0.2, -0.15) is 5.10 Å². The van der Waals surface area contributed by atoms with Gasteiger partial charge in [-0.25, -0.2) is 8.42 Å². The van der Waals surface area contributed by atoms with E-state index in [2.05, 4.69) is 10.4 Å². The second kappa shape index (κ2) is 8.18. The molecule has 0 bridgehead atoms. The Labute approximate surface area is 171 Å². The Morgan fingerprint density at radius 1 is 1.24 bits per heavy atom. The van der Waals surface area contributed by atoms with E-state index in [9.17, 15) is 13.2 Å². The Morgan fingerprint density at radius 2 is 2.00 bits per heavy atom. The largest absolute Gasteiger partial charge is 0.497 e. The SMILES string of the molecule is COc1ccc(CCNC(=O)c2nn([C@@H]3CCS(=O)(=O)C3)c3c2CCCC3)cc1. The molecule has 0 spiro atoms. The second-order valence-electron chi connectivity index (χ2n) is 7.84. The number of ether oxygens (including phenoxy) is 1. The molecule has 0 saturated carbocycles. The fraction of sp³-hybridized carbons (Fsp3) is 0.524. The standard InChI is InChI=1S/C21H27N3O4S/c1-28-17-8-6-15(7-9-17)10-12-22-21(25)20-18-4-2-3-5-19(18)24(23-20)16-11-13-29(26,27)14-16/h6-9,16H,2-5,10-14H2,1H3,(H,22,25)/t16-/m1/s1. The minimum atomic E-state index is -3.00. The number of hydrogen-bond acceptors (Lipinski definition) is 5. The Kier molecular flexibility index (Phi) is 5.63. The van der Waals surface area contributed by atoms with Gasteiger partial charge in [-0.05, 0) is 56.2 Å². The first kappa shape index (κ1) is 19.9. The minimum absolute atomic E-state index is 0.125. The summed E-state index contributed by atoms with van der Waals surface area (Å²) >= 11 is 0. The summed E-state index contributed by atoms with van der Waals surface area (Å²) in [7, 11) is -1.37. The van der Waals surface area contributed by atoms with E-state index < -0.39 is 9.84 Å². The topological polar surface area (TPSA) is 90.3 Å². The third-order valence-corrected chi connectivity index (χ3v) is 7.59. The molecule has 1 saturated heterocycles. The third-order valence-electron chi connectivity index (χ3n) is 5.84. The number of sulfone groups is 1. The monoisotopic (exact) mass is 417 g/mol. The maximum atomic E-state index is 12.8. The molecular formula is C21H27N3O4S. The smallest absolute Gasteiger partial charge is 0.272 e. The van der Waals surface area contributed by atoms with E-state index in [1.54, 1.807) is 7.11 Å². The van der Waals surface area contributed by atoms with Gasteiger partial charge in [-0.1, -0.05) is 12.1 Å². The van der Waals surface area contributed by atoms with Crippen LogP contribution in [0.3, 0.4) is 0 Å². The highest BCUT2D eigenvalue weighted by atomic mass is 32.2. The molecule has 29 heavy (non-hydrogen) atoms. The van der Waals surface area contributed by atoms with E-state index in [4.69, 9.17) is 4.74 Å². The summed E-state index contributed by atoms with van der Waals surface area (Å²) < 4.78 is 30.8. The molecule has 1 amide bonds. The van der Waals surface area contributed by atoms with Crippen molar-refractivity contribution in [3.05, 3.63) is 46.8 Å². The van der Waals surface area contributed by atoms with Crippen molar-refractivity contribution in [3.63, 3.8) is 0 Å². The number of fused-ring (bicyclic) bond motifs is 1. The van der Waals surface area contributed by atoms with Crippen LogP contribution >= 0.6 is 0 Å². The van der Waals surface area contributed by atoms with Crippen LogP contribution in [0.25, 0.3) is 0 Å². The van der Waals surface area contributed by atoms with Crippen LogP contribution in [-0.2, 0) is 29.1 Å². The summed E-state index contributed by atoms with van der Waals surface area (Å²) in [6.07, 6.45) is 5.08. The number of hydrogen-bond donors (Lipinski definition) is 1. The van der Waals surface area contributed by atoms with E-state index in [1.165, 1.54) is 0 Å². The summed E-state index contributed by atoms with van der Waals surface area (Å²) in [5.41, 5.74) is 3.65. The van der Waals surface area contributed by atoms with Crippen molar-refractivity contribution in [1.29, 1.82) is 0 Å². The molecule has 0 unspecified atom stereocenters. The zero-order valence-corrected chi connectivity index (χ0v) is 17.5. The minimum Gasteiger partial charge on any atom is -0.497 e. The molecular weight excluding hydrogens is 390 g/mol. The van der Waals surface area contributed by atoms with Crippen molar-refractivity contribution < 1.29 is 17.9 Å². The van der Waals surface area contributed by atoms with Gasteiger partial charge in [0, 0.05) is 17.8 Å². The Hall–Kier alpha value is -2.35. The lowest BCUT2D eigenvalue weighted by molar-refractivity contribution is 0.0947. The predicted octanol–water partition coefficient (Wildman–Crippen LogP) is 2.10. The van der Waals surface area contributed by atoms with Gasteiger partial charge >= 0.3 is 0 Å². The van der Waals surface area contributed by atoms with Gasteiger partial charge in [0.05, 0.1) is 24.7 Å². The number of carbonyl (C=O) groups excluding carboxylic acids is 1. The summed E-state index contributed by atoms with van der Waals surface area (Å²) in [6, 6.07) is 7.65. The van der Waals surface area contributed by atoms with E-state index in [1.807, 2.05) is 28.9 Å². The first-order valence-corrected chi connectivity index (χ1v) is 12.0. The molecule has 1 aromatic carbocycles. The quantitative estimate of drug-likeness (QED) is 0.777. The lowest BCUT2D eigenvalue weighted by Crippen LogP contribution is -2.27. The molecule has 1 aliphatic heterocycles. The molecule has 156 valence electrons. The molecule has 4 rings (SSSR count). The van der Waals surface area contributed by atoms with Crippen molar-refractivity contribution in [1.82, 2.24) is 15.1 Å². The second-order valence-corrected chi connectivity index (χ2v) is 10.1. The van der Waals surface area contributed by atoms with Crippen molar-refractivity contribution in [2.75, 3.05) is 25.2 Å². The molecule has 1 aromatic heterocycles. The van der Waals surface area contributed by atoms with E-state index >= 15 is 0 Å². The highest BCUT2D eigenvalue weighted by Gasteiger charge is 2.34. The molecule has 8 heteroatoms. The van der Waals surface area contributed by atoms with Crippen LogP contribution < -0.4 is 10.1 Å². The fourth-order valence-corrected chi connectivity index (χ4v) is 5.97. The summed E-state index contributed by atoms with van der Waals surface area (Å²) in [5.74, 6) is 0.968. The fourth-order valence-electron chi connectivity index (χ4n) is 4.27. The molecule has 1 N–H and O–H groups in total. The number of amides is 1. The Morgan fingerprint density at radius 3 is 2.69 bits per heavy atom. The lowest BCUT2D eigenvalue weighted by Gasteiger charge is -2.17. The molecule has 1 atom stereocenters. The summed E-state index contributed by atoms with van der Waals surface area (Å²) in [4.78, 5) is 12.8. The Bertz CT molecular complexity index is 996. The maximum Gasteiger partial charge on any atom is 0.272 e. The zero-order valence-electron chi connectivity index (χ0n) is 16.7. The van der Waals surface area contributed by atoms with Crippen molar-refractivity contribution in [3.8, 4) is 5.75 Å². The molecule has 2 aromatic rings. The molecule has 2 heterocycles. The third kappa shape index (κ3) is 4.32. The highest BCUT2D eigenvalue weighted by Crippen LogP contribution is 2.31. The van der Waals surface area contributed by atoms with E-state index in [0.717, 1.165) is 54.7 Å². The van der Waals surface area contributed by atoms with E-state index in [-0.39, 0.29) is 23.5 Å². The van der Waals surface area contributed by atoms with Crippen LogP contribution in [0, 0.1) is 0 Å². The summed E-state index contributed by atoms with van der Waals surface area (Å²) in [6.45, 7) is 0.518. The van der Waals surface area contributed by atoms with Gasteiger partial charge in [-0.3, -0.25) is 9.48 Å². The van der Waals surface area contributed by atoms with Crippen LogP contribution in [0.1, 0.15) is 52.6 Å². The number of carbonyl (C=O) groups is 1. The van der Waals surface area contributed by atoms with Crippen molar-refractivity contribution >= 4 is 15.7 Å². The maximum absolute atomic E-state index is 12.8. The first-order valence-electron chi connectivity index (χ1n) is 10.2. The lowest BCUT2D eigenvalue weighted by atomic mass is 9.95. The highest BCUT2D eigenvalue weighted by molar-refractivity contribution is 7.91. The molecule has 1 aliphatic carbocycles. The van der Waals surface area contributed by atoms with Gasteiger partial charge < -0.3 is 10.1 Å². The number of nitrogens with one attached hydrogen (secondary N) is 1. The van der Waals surface area contributed by atoms with Gasteiger partial charge in [0.1, 0.15) is 5.75 Å². The van der Waals surface area contributed by atoms with Crippen molar-refractivity contribution in [2.45, 2.75) is 44.6 Å². The van der Waals surface area contributed by atoms with Crippen molar-refractivity contribution in [2.24, 2.45) is 0 Å². The number of nitrogens with zero attached hydrogens (tertiary/aromatic N) is 2. The van der Waals surface area contributed by atoms with Crippen LogP contribution in [0.5, 0.6) is 5.75 Å². The average Bonchev–Trinajstić information content (AvgIpc) is 3.28.